The molecule has 4 fully saturated rings. The maximum absolute atomic E-state index is 9.45. The van der Waals surface area contributed by atoms with E-state index in [1.807, 2.05) is 72.8 Å². The van der Waals surface area contributed by atoms with E-state index in [4.69, 9.17) is 15.0 Å². The molecule has 9 aromatic rings. The molecule has 13 rings (SSSR count). The van der Waals surface area contributed by atoms with Gasteiger partial charge in [0.25, 0.3) is 0 Å². The molecule has 0 saturated heterocycles. The minimum Gasteiger partial charge on any atom is -0.208 e. The van der Waals surface area contributed by atoms with Crippen LogP contribution in [0, 0.1) is 23.2 Å². The van der Waals surface area contributed by atoms with Crippen LogP contribution in [-0.2, 0) is 10.8 Å². The molecule has 2 atom stereocenters. The SMILES string of the molecule is N#Cc1ccc(-c2ccc(C34CC5CC(C3)CC(c3ccc(-c6ccc(-c7nc(-c8ccccc8)nc(-c8ccccc8)n7)cc6)c6ccccc36)(C5)C4)c3ccccc23)cc1. The average Bonchev–Trinajstić information content (AvgIpc) is 3.33. The Bertz CT molecular complexity index is 3130. The van der Waals surface area contributed by atoms with Gasteiger partial charge in [-0.2, -0.15) is 5.26 Å². The molecule has 0 radical (unpaired) electrons. The van der Waals surface area contributed by atoms with Crippen LogP contribution >= 0.6 is 0 Å². The fraction of sp³-hybridized carbons (Fsp3) is 0.172. The van der Waals surface area contributed by atoms with Crippen molar-refractivity contribution < 1.29 is 0 Å². The Morgan fingerprint density at radius 1 is 0.387 bits per heavy atom. The summed E-state index contributed by atoms with van der Waals surface area (Å²) in [6, 6.07) is 67.4. The normalized spacial score (nSPS) is 21.3. The largest absolute Gasteiger partial charge is 0.208 e. The number of rotatable bonds is 7. The standard InChI is InChI=1S/C58H44N4/c59-36-38-19-21-41(22-20-38)46-27-29-52(50-17-9-7-15-48(46)50)57-32-39-31-40(33-57)35-58(34-39,37-57)53-30-28-47(49-16-8-10-18-51(49)53)42-23-25-45(26-24-42)56-61-54(43-11-3-1-4-12-43)60-55(62-56)44-13-5-2-6-14-44/h1-30,39-40H,31-35,37H2. The molecular formula is C58H44N4. The molecule has 4 aliphatic rings. The van der Waals surface area contributed by atoms with Gasteiger partial charge >= 0.3 is 0 Å². The number of fused-ring (bicyclic) bond motifs is 2. The number of nitriles is 1. The first kappa shape index (κ1) is 36.6. The monoisotopic (exact) mass is 796 g/mol. The number of aromatic nitrogens is 3. The first-order chi connectivity index (χ1) is 30.5. The Hall–Kier alpha value is -7.22. The average molecular weight is 797 g/mol. The predicted octanol–water partition coefficient (Wildman–Crippen LogP) is 14.2. The van der Waals surface area contributed by atoms with Gasteiger partial charge in [-0.05, 0) is 128 Å². The van der Waals surface area contributed by atoms with Crippen molar-refractivity contribution in [1.82, 2.24) is 15.0 Å². The summed E-state index contributed by atoms with van der Waals surface area (Å²) >= 11 is 0. The highest BCUT2D eigenvalue weighted by atomic mass is 15.0. The second-order valence-corrected chi connectivity index (χ2v) is 18.2. The van der Waals surface area contributed by atoms with Crippen molar-refractivity contribution in [2.24, 2.45) is 11.8 Å². The minimum absolute atomic E-state index is 0.130. The third-order valence-corrected chi connectivity index (χ3v) is 14.5. The van der Waals surface area contributed by atoms with Crippen LogP contribution < -0.4 is 0 Å². The van der Waals surface area contributed by atoms with Crippen LogP contribution in [-0.4, -0.2) is 15.0 Å². The number of benzene rings is 8. The molecule has 62 heavy (non-hydrogen) atoms. The van der Waals surface area contributed by atoms with Crippen LogP contribution in [0.15, 0.2) is 182 Å². The molecule has 4 heteroatoms. The van der Waals surface area contributed by atoms with E-state index in [1.54, 1.807) is 0 Å². The summed E-state index contributed by atoms with van der Waals surface area (Å²) in [7, 11) is 0. The maximum Gasteiger partial charge on any atom is 0.164 e. The van der Waals surface area contributed by atoms with Crippen molar-refractivity contribution in [3.63, 3.8) is 0 Å². The molecule has 1 aromatic heterocycles. The first-order valence-corrected chi connectivity index (χ1v) is 22.1. The van der Waals surface area contributed by atoms with Crippen molar-refractivity contribution >= 4 is 21.5 Å². The summed E-state index contributed by atoms with van der Waals surface area (Å²) in [5.74, 6) is 3.44. The third-order valence-electron chi connectivity index (χ3n) is 14.5. The van der Waals surface area contributed by atoms with Gasteiger partial charge in [-0.1, -0.05) is 170 Å². The molecule has 1 heterocycles. The van der Waals surface area contributed by atoms with Crippen LogP contribution in [0.3, 0.4) is 0 Å². The van der Waals surface area contributed by atoms with Gasteiger partial charge in [-0.15, -0.1) is 0 Å². The van der Waals surface area contributed by atoms with Gasteiger partial charge in [0.05, 0.1) is 11.6 Å². The summed E-state index contributed by atoms with van der Waals surface area (Å²) < 4.78 is 0. The molecule has 0 aliphatic heterocycles. The van der Waals surface area contributed by atoms with E-state index in [0.29, 0.717) is 23.0 Å². The number of hydrogen-bond donors (Lipinski definition) is 0. The highest BCUT2D eigenvalue weighted by Crippen LogP contribution is 2.67. The van der Waals surface area contributed by atoms with Crippen molar-refractivity contribution in [3.05, 3.63) is 199 Å². The van der Waals surface area contributed by atoms with Crippen molar-refractivity contribution in [1.29, 1.82) is 5.26 Å². The number of nitrogens with zero attached hydrogens (tertiary/aromatic N) is 4. The summed E-state index contributed by atoms with van der Waals surface area (Å²) in [6.45, 7) is 0. The molecule has 4 aliphatic carbocycles. The van der Waals surface area contributed by atoms with Gasteiger partial charge in [0.2, 0.25) is 0 Å². The lowest BCUT2D eigenvalue weighted by Gasteiger charge is -2.63. The van der Waals surface area contributed by atoms with E-state index in [0.717, 1.165) is 34.1 Å². The van der Waals surface area contributed by atoms with Gasteiger partial charge in [-0.25, -0.2) is 15.0 Å². The summed E-state index contributed by atoms with van der Waals surface area (Å²) in [6.07, 6.45) is 7.63. The molecule has 4 nitrogen and oxygen atoms in total. The van der Waals surface area contributed by atoms with Crippen LogP contribution in [0.4, 0.5) is 0 Å². The van der Waals surface area contributed by atoms with Crippen LogP contribution in [0.5, 0.6) is 0 Å². The lowest BCUT2D eigenvalue weighted by molar-refractivity contribution is -0.0268. The van der Waals surface area contributed by atoms with Gasteiger partial charge in [0, 0.05) is 16.7 Å². The highest BCUT2D eigenvalue weighted by Gasteiger charge is 2.59. The second kappa shape index (κ2) is 14.5. The van der Waals surface area contributed by atoms with Crippen molar-refractivity contribution in [2.75, 3.05) is 0 Å². The Labute approximate surface area is 362 Å². The van der Waals surface area contributed by atoms with E-state index >= 15 is 0 Å². The second-order valence-electron chi connectivity index (χ2n) is 18.2. The summed E-state index contributed by atoms with van der Waals surface area (Å²) in [5.41, 5.74) is 11.8. The molecule has 0 spiro atoms. The van der Waals surface area contributed by atoms with Crippen LogP contribution in [0.2, 0.25) is 0 Å². The number of hydrogen-bond acceptors (Lipinski definition) is 4. The Morgan fingerprint density at radius 2 is 0.758 bits per heavy atom. The Balaban J connectivity index is 0.915. The smallest absolute Gasteiger partial charge is 0.164 e. The molecule has 2 unspecified atom stereocenters. The fourth-order valence-corrected chi connectivity index (χ4v) is 12.4. The van der Waals surface area contributed by atoms with Gasteiger partial charge in [0.15, 0.2) is 17.5 Å². The zero-order valence-corrected chi connectivity index (χ0v) is 34.5. The van der Waals surface area contributed by atoms with Gasteiger partial charge in [0.1, 0.15) is 0 Å². The summed E-state index contributed by atoms with van der Waals surface area (Å²) in [4.78, 5) is 14.9. The van der Waals surface area contributed by atoms with E-state index in [1.165, 1.54) is 87.9 Å². The first-order valence-electron chi connectivity index (χ1n) is 22.1. The van der Waals surface area contributed by atoms with E-state index in [-0.39, 0.29) is 10.8 Å². The van der Waals surface area contributed by atoms with Gasteiger partial charge < -0.3 is 0 Å². The topological polar surface area (TPSA) is 62.5 Å². The fourth-order valence-electron chi connectivity index (χ4n) is 12.4. The zero-order valence-electron chi connectivity index (χ0n) is 34.5. The van der Waals surface area contributed by atoms with Crippen molar-refractivity contribution in [3.8, 4) is 62.5 Å². The van der Waals surface area contributed by atoms with Gasteiger partial charge in [-0.3, -0.25) is 0 Å². The molecule has 4 bridgehead atoms. The van der Waals surface area contributed by atoms with Crippen molar-refractivity contribution in [2.45, 2.75) is 49.4 Å². The van der Waals surface area contributed by atoms with Crippen LogP contribution in [0.1, 0.15) is 55.2 Å². The van der Waals surface area contributed by atoms with E-state index in [2.05, 4.69) is 115 Å². The zero-order chi connectivity index (χ0) is 41.3. The molecule has 0 amide bonds. The van der Waals surface area contributed by atoms with Crippen LogP contribution in [0.25, 0.3) is 78.0 Å². The molecule has 4 saturated carbocycles. The highest BCUT2D eigenvalue weighted by molar-refractivity contribution is 6.00. The Kier molecular flexibility index (Phi) is 8.54. The van der Waals surface area contributed by atoms with E-state index in [9.17, 15) is 5.26 Å². The lowest BCUT2D eigenvalue weighted by atomic mass is 9.41. The minimum atomic E-state index is 0.130. The molecule has 0 N–H and O–H groups in total. The molecular weight excluding hydrogens is 753 g/mol. The predicted molar refractivity (Wildman–Crippen MR) is 251 cm³/mol. The maximum atomic E-state index is 9.45. The third kappa shape index (κ3) is 6.06. The Morgan fingerprint density at radius 3 is 1.19 bits per heavy atom. The van der Waals surface area contributed by atoms with E-state index < -0.39 is 0 Å². The molecule has 8 aromatic carbocycles. The quantitative estimate of drug-likeness (QED) is 0.161. The lowest BCUT2D eigenvalue weighted by Crippen LogP contribution is -2.56. The summed E-state index contributed by atoms with van der Waals surface area (Å²) in [5, 5.41) is 14.9. The molecule has 296 valence electrons.